The van der Waals surface area contributed by atoms with Crippen LogP contribution < -0.4 is 14.8 Å². The number of rotatable bonds is 9. The molecule has 0 spiro atoms. The fraction of sp³-hybridized carbons (Fsp3) is 0.364. The predicted octanol–water partition coefficient (Wildman–Crippen LogP) is 3.66. The van der Waals surface area contributed by atoms with E-state index in [-0.39, 0.29) is 24.4 Å². The first-order chi connectivity index (χ1) is 13.4. The zero-order chi connectivity index (χ0) is 20.5. The van der Waals surface area contributed by atoms with Crippen molar-refractivity contribution in [2.24, 2.45) is 0 Å². The molecule has 0 bridgehead atoms. The van der Waals surface area contributed by atoms with Crippen LogP contribution in [0.4, 0.5) is 0 Å². The van der Waals surface area contributed by atoms with Gasteiger partial charge in [-0.3, -0.25) is 9.59 Å². The third-order valence-corrected chi connectivity index (χ3v) is 4.00. The molecule has 0 aliphatic rings. The number of carbonyl (C=O) groups excluding carboxylic acids is 2. The second-order valence-electron chi connectivity index (χ2n) is 6.65. The summed E-state index contributed by atoms with van der Waals surface area (Å²) < 4.78 is 16.0. The third-order valence-electron chi connectivity index (χ3n) is 4.00. The summed E-state index contributed by atoms with van der Waals surface area (Å²) in [6, 6.07) is 15.8. The first kappa shape index (κ1) is 21.3. The number of hydrogen-bond donors (Lipinski definition) is 1. The number of carbonyl (C=O) groups is 2. The van der Waals surface area contributed by atoms with Crippen molar-refractivity contribution >= 4 is 11.9 Å². The van der Waals surface area contributed by atoms with E-state index in [1.54, 1.807) is 52.1 Å². The molecule has 0 aliphatic carbocycles. The van der Waals surface area contributed by atoms with Crippen molar-refractivity contribution in [1.29, 1.82) is 0 Å². The lowest BCUT2D eigenvalue weighted by Crippen LogP contribution is -2.39. The van der Waals surface area contributed by atoms with Gasteiger partial charge in [-0.1, -0.05) is 30.3 Å². The molecular formula is C22H27NO5. The summed E-state index contributed by atoms with van der Waals surface area (Å²) in [6.45, 7) is 5.24. The van der Waals surface area contributed by atoms with E-state index in [9.17, 15) is 9.59 Å². The normalized spacial score (nSPS) is 12.8. The highest BCUT2D eigenvalue weighted by Crippen LogP contribution is 2.20. The summed E-state index contributed by atoms with van der Waals surface area (Å²) in [5, 5.41) is 2.89. The maximum absolute atomic E-state index is 12.6. The van der Waals surface area contributed by atoms with Crippen LogP contribution in [-0.4, -0.2) is 31.2 Å². The van der Waals surface area contributed by atoms with Crippen LogP contribution in [0.15, 0.2) is 54.6 Å². The monoisotopic (exact) mass is 385 g/mol. The summed E-state index contributed by atoms with van der Waals surface area (Å²) in [6.07, 6.45) is -0.902. The van der Waals surface area contributed by atoms with E-state index in [0.29, 0.717) is 11.5 Å². The van der Waals surface area contributed by atoms with Crippen molar-refractivity contribution in [1.82, 2.24) is 5.32 Å². The molecule has 0 saturated heterocycles. The lowest BCUT2D eigenvalue weighted by molar-refractivity contribution is -0.148. The van der Waals surface area contributed by atoms with E-state index in [1.807, 2.05) is 30.3 Å². The molecule has 6 nitrogen and oxygen atoms in total. The van der Waals surface area contributed by atoms with Crippen LogP contribution in [0.3, 0.4) is 0 Å². The Morgan fingerprint density at radius 3 is 2.11 bits per heavy atom. The molecule has 6 heteroatoms. The summed E-state index contributed by atoms with van der Waals surface area (Å²) in [4.78, 5) is 24.8. The van der Waals surface area contributed by atoms with E-state index in [1.165, 1.54) is 0 Å². The van der Waals surface area contributed by atoms with Crippen LogP contribution in [-0.2, 0) is 14.3 Å². The van der Waals surface area contributed by atoms with Crippen LogP contribution >= 0.6 is 0 Å². The number of hydrogen-bond acceptors (Lipinski definition) is 5. The Bertz CT molecular complexity index is 758. The Hall–Kier alpha value is -3.02. The number of nitrogens with one attached hydrogen (secondary N) is 1. The molecule has 0 aromatic heterocycles. The van der Waals surface area contributed by atoms with Gasteiger partial charge in [0.25, 0.3) is 5.91 Å². The van der Waals surface area contributed by atoms with Crippen molar-refractivity contribution in [3.05, 3.63) is 60.2 Å². The van der Waals surface area contributed by atoms with Crippen LogP contribution in [0.2, 0.25) is 0 Å². The van der Waals surface area contributed by atoms with Crippen molar-refractivity contribution in [2.75, 3.05) is 7.11 Å². The Labute approximate surface area is 165 Å². The molecule has 0 aliphatic heterocycles. The standard InChI is InChI=1S/C22H27NO5/c1-15(2)27-21(24)14-20(17-8-6-5-7-9-17)23-22(25)16(3)28-19-12-10-18(26-4)11-13-19/h5-13,15-16,20H,14H2,1-4H3,(H,23,25). The van der Waals surface area contributed by atoms with Gasteiger partial charge in [0.2, 0.25) is 0 Å². The Balaban J connectivity index is 2.04. The van der Waals surface area contributed by atoms with E-state index in [4.69, 9.17) is 14.2 Å². The van der Waals surface area contributed by atoms with Gasteiger partial charge in [-0.25, -0.2) is 0 Å². The van der Waals surface area contributed by atoms with Crippen molar-refractivity contribution in [2.45, 2.75) is 45.4 Å². The maximum atomic E-state index is 12.6. The van der Waals surface area contributed by atoms with Gasteiger partial charge in [0, 0.05) is 0 Å². The molecule has 1 N–H and O–H groups in total. The van der Waals surface area contributed by atoms with Gasteiger partial charge in [0.15, 0.2) is 6.10 Å². The van der Waals surface area contributed by atoms with Gasteiger partial charge in [0.05, 0.1) is 25.7 Å². The molecule has 2 atom stereocenters. The molecule has 0 saturated carbocycles. The molecular weight excluding hydrogens is 358 g/mol. The Kier molecular flexibility index (Phi) is 7.87. The summed E-state index contributed by atoms with van der Waals surface area (Å²) in [5.41, 5.74) is 0.827. The zero-order valence-electron chi connectivity index (χ0n) is 16.7. The number of ether oxygens (including phenoxy) is 3. The highest BCUT2D eigenvalue weighted by molar-refractivity contribution is 5.82. The molecule has 2 unspecified atom stereocenters. The molecule has 150 valence electrons. The minimum Gasteiger partial charge on any atom is -0.497 e. The molecule has 28 heavy (non-hydrogen) atoms. The van der Waals surface area contributed by atoms with Gasteiger partial charge >= 0.3 is 5.97 Å². The molecule has 0 radical (unpaired) electrons. The van der Waals surface area contributed by atoms with Crippen molar-refractivity contribution < 1.29 is 23.8 Å². The van der Waals surface area contributed by atoms with Crippen LogP contribution in [0, 0.1) is 0 Å². The zero-order valence-corrected chi connectivity index (χ0v) is 16.7. The smallest absolute Gasteiger partial charge is 0.308 e. The van der Waals surface area contributed by atoms with Gasteiger partial charge in [-0.2, -0.15) is 0 Å². The van der Waals surface area contributed by atoms with Crippen LogP contribution in [0.5, 0.6) is 11.5 Å². The van der Waals surface area contributed by atoms with Crippen LogP contribution in [0.1, 0.15) is 38.8 Å². The third kappa shape index (κ3) is 6.61. The quantitative estimate of drug-likeness (QED) is 0.667. The number of methoxy groups -OCH3 is 1. The first-order valence-electron chi connectivity index (χ1n) is 9.24. The fourth-order valence-electron chi connectivity index (χ4n) is 2.62. The van der Waals surface area contributed by atoms with Crippen LogP contribution in [0.25, 0.3) is 0 Å². The highest BCUT2D eigenvalue weighted by Gasteiger charge is 2.23. The maximum Gasteiger partial charge on any atom is 0.308 e. The molecule has 2 aromatic rings. The fourth-order valence-corrected chi connectivity index (χ4v) is 2.62. The minimum absolute atomic E-state index is 0.0448. The van der Waals surface area contributed by atoms with Crippen molar-refractivity contribution in [3.63, 3.8) is 0 Å². The Morgan fingerprint density at radius 2 is 1.54 bits per heavy atom. The number of esters is 1. The second-order valence-corrected chi connectivity index (χ2v) is 6.65. The minimum atomic E-state index is -0.735. The topological polar surface area (TPSA) is 73.9 Å². The molecule has 1 amide bonds. The van der Waals surface area contributed by atoms with E-state index < -0.39 is 12.1 Å². The summed E-state index contributed by atoms with van der Waals surface area (Å²) >= 11 is 0. The summed E-state index contributed by atoms with van der Waals surface area (Å²) in [5.74, 6) is 0.575. The predicted molar refractivity (Wildman–Crippen MR) is 106 cm³/mol. The van der Waals surface area contributed by atoms with Crippen molar-refractivity contribution in [3.8, 4) is 11.5 Å². The number of amides is 1. The SMILES string of the molecule is COc1ccc(OC(C)C(=O)NC(CC(=O)OC(C)C)c2ccccc2)cc1. The van der Waals surface area contributed by atoms with E-state index >= 15 is 0 Å². The molecule has 0 fully saturated rings. The molecule has 2 aromatic carbocycles. The lowest BCUT2D eigenvalue weighted by Gasteiger charge is -2.22. The molecule has 0 heterocycles. The van der Waals surface area contributed by atoms with E-state index in [0.717, 1.165) is 5.56 Å². The highest BCUT2D eigenvalue weighted by atomic mass is 16.5. The van der Waals surface area contributed by atoms with Gasteiger partial charge < -0.3 is 19.5 Å². The largest absolute Gasteiger partial charge is 0.497 e. The summed E-state index contributed by atoms with van der Waals surface area (Å²) in [7, 11) is 1.58. The first-order valence-corrected chi connectivity index (χ1v) is 9.24. The average Bonchev–Trinajstić information content (AvgIpc) is 2.68. The van der Waals surface area contributed by atoms with Gasteiger partial charge in [-0.15, -0.1) is 0 Å². The van der Waals surface area contributed by atoms with Gasteiger partial charge in [-0.05, 0) is 50.6 Å². The Morgan fingerprint density at radius 1 is 0.929 bits per heavy atom. The van der Waals surface area contributed by atoms with Gasteiger partial charge in [0.1, 0.15) is 11.5 Å². The van der Waals surface area contributed by atoms with E-state index in [2.05, 4.69) is 5.32 Å². The average molecular weight is 385 g/mol. The lowest BCUT2D eigenvalue weighted by atomic mass is 10.0. The second kappa shape index (κ2) is 10.3. The molecule has 2 rings (SSSR count). The number of benzene rings is 2.